The van der Waals surface area contributed by atoms with Crippen molar-refractivity contribution in [1.29, 1.82) is 0 Å². The van der Waals surface area contributed by atoms with E-state index in [1.54, 1.807) is 29.4 Å². The van der Waals surface area contributed by atoms with Crippen LogP contribution in [0.1, 0.15) is 9.67 Å². The summed E-state index contributed by atoms with van der Waals surface area (Å²) in [6, 6.07) is 3.37. The second-order valence-electron chi connectivity index (χ2n) is 3.72. The van der Waals surface area contributed by atoms with E-state index in [-0.39, 0.29) is 5.91 Å². The van der Waals surface area contributed by atoms with Crippen molar-refractivity contribution in [3.8, 4) is 0 Å². The molecule has 0 saturated carbocycles. The van der Waals surface area contributed by atoms with Gasteiger partial charge in [-0.15, -0.1) is 11.3 Å². The van der Waals surface area contributed by atoms with Crippen LogP contribution in [0.5, 0.6) is 0 Å². The normalized spacial score (nSPS) is 10.2. The lowest BCUT2D eigenvalue weighted by Crippen LogP contribution is -2.14. The lowest BCUT2D eigenvalue weighted by Gasteiger charge is -2.09. The van der Waals surface area contributed by atoms with Gasteiger partial charge in [0, 0.05) is 14.1 Å². The molecule has 2 aromatic rings. The van der Waals surface area contributed by atoms with E-state index < -0.39 is 0 Å². The minimum atomic E-state index is -0.215. The van der Waals surface area contributed by atoms with Crippen LogP contribution in [-0.2, 0) is 0 Å². The number of hydrogen-bond donors (Lipinski definition) is 1. The second-order valence-corrected chi connectivity index (χ2v) is 5.44. The first-order valence-corrected chi connectivity index (χ1v) is 6.32. The number of hydrogen-bond acceptors (Lipinski definition) is 5. The van der Waals surface area contributed by atoms with Crippen molar-refractivity contribution in [3.63, 3.8) is 0 Å². The highest BCUT2D eigenvalue weighted by atomic mass is 35.5. The molecule has 0 unspecified atom stereocenters. The van der Waals surface area contributed by atoms with Crippen molar-refractivity contribution >= 4 is 40.5 Å². The van der Waals surface area contributed by atoms with Gasteiger partial charge in [-0.2, -0.15) is 0 Å². The Labute approximate surface area is 113 Å². The van der Waals surface area contributed by atoms with E-state index in [0.29, 0.717) is 20.8 Å². The molecule has 94 valence electrons. The Bertz CT molecular complexity index is 552. The minimum absolute atomic E-state index is 0.215. The molecule has 0 atom stereocenters. The van der Waals surface area contributed by atoms with Gasteiger partial charge in [-0.25, -0.2) is 9.97 Å². The number of carbonyl (C=O) groups excluding carboxylic acids is 1. The van der Waals surface area contributed by atoms with E-state index in [1.165, 1.54) is 11.3 Å². The number of aromatic nitrogens is 2. The van der Waals surface area contributed by atoms with E-state index in [1.807, 2.05) is 14.1 Å². The van der Waals surface area contributed by atoms with Gasteiger partial charge in [-0.1, -0.05) is 11.6 Å². The van der Waals surface area contributed by atoms with Gasteiger partial charge < -0.3 is 10.2 Å². The smallest absolute Gasteiger partial charge is 0.265 e. The molecule has 0 aliphatic rings. The van der Waals surface area contributed by atoms with E-state index >= 15 is 0 Å². The predicted molar refractivity (Wildman–Crippen MR) is 73.6 cm³/mol. The fraction of sp³-hybridized carbons (Fsp3) is 0.182. The van der Waals surface area contributed by atoms with E-state index in [9.17, 15) is 4.79 Å². The molecule has 1 amide bonds. The maximum Gasteiger partial charge on any atom is 0.265 e. The van der Waals surface area contributed by atoms with Gasteiger partial charge in [0.1, 0.15) is 0 Å². The summed E-state index contributed by atoms with van der Waals surface area (Å²) in [4.78, 5) is 22.4. The van der Waals surface area contributed by atoms with Crippen LogP contribution in [0.25, 0.3) is 0 Å². The third kappa shape index (κ3) is 2.96. The number of rotatable bonds is 3. The summed E-state index contributed by atoms with van der Waals surface area (Å²) in [7, 11) is 3.70. The Morgan fingerprint density at radius 1 is 1.33 bits per heavy atom. The summed E-state index contributed by atoms with van der Waals surface area (Å²) in [6.07, 6.45) is 3.13. The number of carbonyl (C=O) groups is 1. The largest absolute Gasteiger partial charge is 0.347 e. The molecule has 2 heterocycles. The third-order valence-corrected chi connectivity index (χ3v) is 3.32. The van der Waals surface area contributed by atoms with Gasteiger partial charge in [0.05, 0.1) is 27.3 Å². The molecule has 5 nitrogen and oxygen atoms in total. The number of amides is 1. The van der Waals surface area contributed by atoms with Crippen molar-refractivity contribution in [2.24, 2.45) is 0 Å². The molecule has 0 fully saturated rings. The Morgan fingerprint density at radius 2 is 2.00 bits per heavy atom. The second kappa shape index (κ2) is 5.32. The Hall–Kier alpha value is -1.66. The number of nitrogens with zero attached hydrogens (tertiary/aromatic N) is 3. The lowest BCUT2D eigenvalue weighted by atomic mass is 10.4. The van der Waals surface area contributed by atoms with Gasteiger partial charge in [0.2, 0.25) is 5.95 Å². The monoisotopic (exact) mass is 282 g/mol. The van der Waals surface area contributed by atoms with Crippen LogP contribution in [-0.4, -0.2) is 30.0 Å². The molecule has 7 heteroatoms. The van der Waals surface area contributed by atoms with E-state index in [0.717, 1.165) is 0 Å². The summed E-state index contributed by atoms with van der Waals surface area (Å²) < 4.78 is 0.583. The average Bonchev–Trinajstić information content (AvgIpc) is 2.76. The number of anilines is 2. The highest BCUT2D eigenvalue weighted by Crippen LogP contribution is 2.22. The van der Waals surface area contributed by atoms with Crippen molar-refractivity contribution < 1.29 is 4.79 Å². The van der Waals surface area contributed by atoms with E-state index in [2.05, 4.69) is 15.3 Å². The highest BCUT2D eigenvalue weighted by Gasteiger charge is 2.09. The van der Waals surface area contributed by atoms with Crippen LogP contribution in [0.2, 0.25) is 4.34 Å². The first kappa shape index (κ1) is 12.8. The fourth-order valence-corrected chi connectivity index (χ4v) is 2.18. The SMILES string of the molecule is CN(C)c1ncc(NC(=O)c2ccc(Cl)s2)cn1. The predicted octanol–water partition coefficient (Wildman–Crippen LogP) is 2.51. The quantitative estimate of drug-likeness (QED) is 0.940. The molecule has 18 heavy (non-hydrogen) atoms. The Morgan fingerprint density at radius 3 is 2.50 bits per heavy atom. The molecule has 1 N–H and O–H groups in total. The number of halogens is 1. The molecule has 0 bridgehead atoms. The zero-order valence-corrected chi connectivity index (χ0v) is 11.4. The van der Waals surface area contributed by atoms with Gasteiger partial charge in [0.15, 0.2) is 0 Å². The van der Waals surface area contributed by atoms with Crippen molar-refractivity contribution in [2.75, 3.05) is 24.3 Å². The summed E-state index contributed by atoms with van der Waals surface area (Å²) in [5.41, 5.74) is 0.551. The van der Waals surface area contributed by atoms with Crippen molar-refractivity contribution in [1.82, 2.24) is 9.97 Å². The summed E-state index contributed by atoms with van der Waals surface area (Å²) >= 11 is 7.00. The first-order chi connectivity index (χ1) is 8.56. The molecular formula is C11H11ClN4OS. The molecule has 0 saturated heterocycles. The van der Waals surface area contributed by atoms with Crippen LogP contribution >= 0.6 is 22.9 Å². The standard InChI is InChI=1S/C11H11ClN4OS/c1-16(2)11-13-5-7(6-14-11)15-10(17)8-3-4-9(12)18-8/h3-6H,1-2H3,(H,15,17). The molecule has 0 radical (unpaired) electrons. The highest BCUT2D eigenvalue weighted by molar-refractivity contribution is 7.18. The van der Waals surface area contributed by atoms with Crippen LogP contribution < -0.4 is 10.2 Å². The summed E-state index contributed by atoms with van der Waals surface area (Å²) in [6.45, 7) is 0. The molecule has 2 aromatic heterocycles. The number of thiophene rings is 1. The average molecular weight is 283 g/mol. The van der Waals surface area contributed by atoms with Crippen LogP contribution in [0.4, 0.5) is 11.6 Å². The summed E-state index contributed by atoms with van der Waals surface area (Å²) in [5, 5.41) is 2.71. The zero-order chi connectivity index (χ0) is 13.1. The molecule has 0 aliphatic heterocycles. The molecule has 0 aliphatic carbocycles. The van der Waals surface area contributed by atoms with Gasteiger partial charge in [-0.05, 0) is 12.1 Å². The Kier molecular flexibility index (Phi) is 3.78. The first-order valence-electron chi connectivity index (χ1n) is 5.12. The zero-order valence-electron chi connectivity index (χ0n) is 9.85. The molecule has 0 spiro atoms. The maximum absolute atomic E-state index is 11.8. The molecular weight excluding hydrogens is 272 g/mol. The van der Waals surface area contributed by atoms with Crippen molar-refractivity contribution in [3.05, 3.63) is 33.7 Å². The summed E-state index contributed by atoms with van der Waals surface area (Å²) in [5.74, 6) is 0.375. The van der Waals surface area contributed by atoms with Crippen LogP contribution in [0.3, 0.4) is 0 Å². The number of nitrogens with one attached hydrogen (secondary N) is 1. The van der Waals surface area contributed by atoms with Gasteiger partial charge >= 0.3 is 0 Å². The van der Waals surface area contributed by atoms with Gasteiger partial charge in [-0.3, -0.25) is 4.79 Å². The fourth-order valence-electron chi connectivity index (χ4n) is 1.25. The molecule has 2 rings (SSSR count). The Balaban J connectivity index is 2.07. The van der Waals surface area contributed by atoms with Crippen molar-refractivity contribution in [2.45, 2.75) is 0 Å². The van der Waals surface area contributed by atoms with Crippen LogP contribution in [0, 0.1) is 0 Å². The third-order valence-electron chi connectivity index (χ3n) is 2.09. The molecule has 0 aromatic carbocycles. The lowest BCUT2D eigenvalue weighted by molar-refractivity contribution is 0.103. The minimum Gasteiger partial charge on any atom is -0.347 e. The topological polar surface area (TPSA) is 58.1 Å². The maximum atomic E-state index is 11.8. The van der Waals surface area contributed by atoms with Gasteiger partial charge in [0.25, 0.3) is 5.91 Å². The van der Waals surface area contributed by atoms with E-state index in [4.69, 9.17) is 11.6 Å². The van der Waals surface area contributed by atoms with Crippen LogP contribution in [0.15, 0.2) is 24.5 Å².